The number of nitrogens with one attached hydrogen (secondary N) is 1. The second-order valence-electron chi connectivity index (χ2n) is 4.98. The minimum absolute atomic E-state index is 0.0388. The number of nitrogens with zero attached hydrogens (tertiary/aromatic N) is 1. The molecule has 1 amide bonds. The number of nitriles is 1. The van der Waals surface area contributed by atoms with Gasteiger partial charge in [0.1, 0.15) is 23.1 Å². The molecule has 2 rings (SSSR count). The standard InChI is InChI=1S/C19H17ClN2O3/c1-3-25-18-8-7-13(10-17(18)20)9-14(12-21)19(23)22-15-5-4-6-16(11-15)24-2/h4-11H,3H2,1-2H3,(H,22,23)/b14-9+. The molecule has 0 radical (unpaired) electrons. The predicted molar refractivity (Wildman–Crippen MR) is 97.8 cm³/mol. The van der Waals surface area contributed by atoms with Gasteiger partial charge in [-0.05, 0) is 42.8 Å². The second kappa shape index (κ2) is 8.76. The number of methoxy groups -OCH3 is 1. The molecule has 0 aromatic heterocycles. The fourth-order valence-electron chi connectivity index (χ4n) is 2.09. The molecule has 2 aromatic rings. The molecule has 5 nitrogen and oxygen atoms in total. The third-order valence-electron chi connectivity index (χ3n) is 3.26. The summed E-state index contributed by atoms with van der Waals surface area (Å²) in [4.78, 5) is 12.3. The molecule has 128 valence electrons. The molecule has 0 unspecified atom stereocenters. The summed E-state index contributed by atoms with van der Waals surface area (Å²) in [5, 5.41) is 12.4. The Morgan fingerprint density at radius 1 is 1.32 bits per heavy atom. The Balaban J connectivity index is 2.20. The number of benzene rings is 2. The first kappa shape index (κ1) is 18.4. The van der Waals surface area contributed by atoms with Crippen LogP contribution in [-0.4, -0.2) is 19.6 Å². The van der Waals surface area contributed by atoms with Gasteiger partial charge in [-0.1, -0.05) is 23.7 Å². The van der Waals surface area contributed by atoms with E-state index >= 15 is 0 Å². The summed E-state index contributed by atoms with van der Waals surface area (Å²) < 4.78 is 10.5. The molecule has 2 aromatic carbocycles. The van der Waals surface area contributed by atoms with Crippen LogP contribution in [0.15, 0.2) is 48.0 Å². The van der Waals surface area contributed by atoms with Crippen molar-refractivity contribution in [3.63, 3.8) is 0 Å². The van der Waals surface area contributed by atoms with Gasteiger partial charge in [-0.3, -0.25) is 4.79 Å². The van der Waals surface area contributed by atoms with Crippen molar-refractivity contribution >= 4 is 29.3 Å². The lowest BCUT2D eigenvalue weighted by Crippen LogP contribution is -2.13. The predicted octanol–water partition coefficient (Wildman–Crippen LogP) is 4.29. The number of ether oxygens (including phenoxy) is 2. The lowest BCUT2D eigenvalue weighted by atomic mass is 10.1. The average Bonchev–Trinajstić information content (AvgIpc) is 2.62. The van der Waals surface area contributed by atoms with E-state index in [0.29, 0.717) is 34.4 Å². The SMILES string of the molecule is CCOc1ccc(/C=C(\C#N)C(=O)Nc2cccc(OC)c2)cc1Cl. The fourth-order valence-corrected chi connectivity index (χ4v) is 2.34. The van der Waals surface area contributed by atoms with Crippen molar-refractivity contribution in [2.24, 2.45) is 0 Å². The van der Waals surface area contributed by atoms with Crippen molar-refractivity contribution in [2.75, 3.05) is 19.0 Å². The van der Waals surface area contributed by atoms with Gasteiger partial charge in [-0.2, -0.15) is 5.26 Å². The Morgan fingerprint density at radius 2 is 2.12 bits per heavy atom. The Hall–Kier alpha value is -2.97. The zero-order valence-electron chi connectivity index (χ0n) is 13.9. The van der Waals surface area contributed by atoms with Gasteiger partial charge in [0.25, 0.3) is 5.91 Å². The summed E-state index contributed by atoms with van der Waals surface area (Å²) in [5.41, 5.74) is 1.13. The lowest BCUT2D eigenvalue weighted by molar-refractivity contribution is -0.112. The van der Waals surface area contributed by atoms with Crippen LogP contribution in [0.1, 0.15) is 12.5 Å². The smallest absolute Gasteiger partial charge is 0.266 e. The molecular formula is C19H17ClN2O3. The van der Waals surface area contributed by atoms with E-state index in [1.165, 1.54) is 13.2 Å². The lowest BCUT2D eigenvalue weighted by Gasteiger charge is -2.07. The number of hydrogen-bond donors (Lipinski definition) is 1. The van der Waals surface area contributed by atoms with E-state index in [1.54, 1.807) is 42.5 Å². The normalized spacial score (nSPS) is 10.7. The Kier molecular flexibility index (Phi) is 6.44. The van der Waals surface area contributed by atoms with E-state index < -0.39 is 5.91 Å². The topological polar surface area (TPSA) is 71.3 Å². The molecule has 0 bridgehead atoms. The van der Waals surface area contributed by atoms with Gasteiger partial charge in [0.2, 0.25) is 0 Å². The summed E-state index contributed by atoms with van der Waals surface area (Å²) in [6.07, 6.45) is 1.47. The molecular weight excluding hydrogens is 340 g/mol. The monoisotopic (exact) mass is 356 g/mol. The zero-order valence-corrected chi connectivity index (χ0v) is 14.6. The minimum Gasteiger partial charge on any atom is -0.497 e. The van der Waals surface area contributed by atoms with Gasteiger partial charge < -0.3 is 14.8 Å². The summed E-state index contributed by atoms with van der Waals surface area (Å²) >= 11 is 6.13. The average molecular weight is 357 g/mol. The number of hydrogen-bond acceptors (Lipinski definition) is 4. The highest BCUT2D eigenvalue weighted by molar-refractivity contribution is 6.32. The van der Waals surface area contributed by atoms with Crippen molar-refractivity contribution in [2.45, 2.75) is 6.92 Å². The van der Waals surface area contributed by atoms with Crippen LogP contribution in [0.25, 0.3) is 6.08 Å². The number of halogens is 1. The maximum absolute atomic E-state index is 12.3. The molecule has 0 fully saturated rings. The molecule has 0 saturated heterocycles. The highest BCUT2D eigenvalue weighted by Crippen LogP contribution is 2.26. The van der Waals surface area contributed by atoms with Crippen LogP contribution in [0.5, 0.6) is 11.5 Å². The minimum atomic E-state index is -0.513. The third-order valence-corrected chi connectivity index (χ3v) is 3.55. The van der Waals surface area contributed by atoms with Crippen molar-refractivity contribution < 1.29 is 14.3 Å². The quantitative estimate of drug-likeness (QED) is 0.619. The molecule has 1 N–H and O–H groups in total. The first-order valence-corrected chi connectivity index (χ1v) is 7.94. The van der Waals surface area contributed by atoms with Gasteiger partial charge in [0.05, 0.1) is 18.7 Å². The molecule has 0 atom stereocenters. The first-order valence-electron chi connectivity index (χ1n) is 7.57. The van der Waals surface area contributed by atoms with Crippen molar-refractivity contribution in [3.05, 3.63) is 58.6 Å². The molecule has 6 heteroatoms. The van der Waals surface area contributed by atoms with Gasteiger partial charge in [-0.15, -0.1) is 0 Å². The van der Waals surface area contributed by atoms with E-state index in [0.717, 1.165) is 0 Å². The summed E-state index contributed by atoms with van der Waals surface area (Å²) in [5.74, 6) is 0.653. The highest BCUT2D eigenvalue weighted by atomic mass is 35.5. The van der Waals surface area contributed by atoms with Gasteiger partial charge >= 0.3 is 0 Å². The molecule has 0 aliphatic heterocycles. The van der Waals surface area contributed by atoms with Crippen LogP contribution < -0.4 is 14.8 Å². The summed E-state index contributed by atoms with van der Waals surface area (Å²) in [7, 11) is 1.54. The van der Waals surface area contributed by atoms with Crippen LogP contribution in [0.3, 0.4) is 0 Å². The molecule has 0 spiro atoms. The summed E-state index contributed by atoms with van der Waals surface area (Å²) in [6, 6.07) is 13.9. The Labute approximate surface area is 151 Å². The Bertz CT molecular complexity index is 841. The van der Waals surface area contributed by atoms with E-state index in [4.69, 9.17) is 21.1 Å². The fraction of sp³-hybridized carbons (Fsp3) is 0.158. The van der Waals surface area contributed by atoms with Crippen LogP contribution >= 0.6 is 11.6 Å². The van der Waals surface area contributed by atoms with Crippen LogP contribution in [0.2, 0.25) is 5.02 Å². The van der Waals surface area contributed by atoms with E-state index in [-0.39, 0.29) is 5.57 Å². The highest BCUT2D eigenvalue weighted by Gasteiger charge is 2.11. The number of rotatable bonds is 6. The summed E-state index contributed by atoms with van der Waals surface area (Å²) in [6.45, 7) is 2.36. The molecule has 25 heavy (non-hydrogen) atoms. The zero-order chi connectivity index (χ0) is 18.2. The molecule has 0 heterocycles. The van der Waals surface area contributed by atoms with Gasteiger partial charge in [0.15, 0.2) is 0 Å². The second-order valence-corrected chi connectivity index (χ2v) is 5.39. The van der Waals surface area contributed by atoms with Gasteiger partial charge in [0, 0.05) is 11.8 Å². The Morgan fingerprint density at radius 3 is 2.76 bits per heavy atom. The maximum Gasteiger partial charge on any atom is 0.266 e. The van der Waals surface area contributed by atoms with Crippen LogP contribution in [0.4, 0.5) is 5.69 Å². The van der Waals surface area contributed by atoms with E-state index in [9.17, 15) is 10.1 Å². The number of anilines is 1. The largest absolute Gasteiger partial charge is 0.497 e. The first-order chi connectivity index (χ1) is 12.1. The third kappa shape index (κ3) is 5.00. The number of amides is 1. The van der Waals surface area contributed by atoms with Crippen molar-refractivity contribution in [1.82, 2.24) is 0 Å². The maximum atomic E-state index is 12.3. The van der Waals surface area contributed by atoms with Crippen molar-refractivity contribution in [1.29, 1.82) is 5.26 Å². The van der Waals surface area contributed by atoms with Gasteiger partial charge in [-0.25, -0.2) is 0 Å². The van der Waals surface area contributed by atoms with E-state index in [1.807, 2.05) is 13.0 Å². The number of carbonyl (C=O) groups is 1. The van der Waals surface area contributed by atoms with Crippen LogP contribution in [-0.2, 0) is 4.79 Å². The molecule has 0 saturated carbocycles. The van der Waals surface area contributed by atoms with Crippen molar-refractivity contribution in [3.8, 4) is 17.6 Å². The van der Waals surface area contributed by atoms with Crippen LogP contribution in [0, 0.1) is 11.3 Å². The van der Waals surface area contributed by atoms with E-state index in [2.05, 4.69) is 5.32 Å². The molecule has 0 aliphatic carbocycles. The molecule has 0 aliphatic rings. The number of carbonyl (C=O) groups excluding carboxylic acids is 1.